The summed E-state index contributed by atoms with van der Waals surface area (Å²) in [6.07, 6.45) is 3.28. The molecule has 0 saturated heterocycles. The van der Waals surface area contributed by atoms with Crippen molar-refractivity contribution >= 4 is 44.9 Å². The van der Waals surface area contributed by atoms with E-state index < -0.39 is 0 Å². The molecule has 1 amide bonds. The summed E-state index contributed by atoms with van der Waals surface area (Å²) in [5, 5.41) is 5.72. The summed E-state index contributed by atoms with van der Waals surface area (Å²) in [5.74, 6) is -0.270. The zero-order chi connectivity index (χ0) is 13.7. The SMILES string of the molecule is O=C(NC(=S)Nc1cccnc1)c1ccccc1Br. The van der Waals surface area contributed by atoms with Gasteiger partial charge in [0.05, 0.1) is 17.4 Å². The van der Waals surface area contributed by atoms with Crippen LogP contribution in [-0.4, -0.2) is 16.0 Å². The Morgan fingerprint density at radius 3 is 2.68 bits per heavy atom. The Balaban J connectivity index is 2.00. The predicted molar refractivity (Wildman–Crippen MR) is 82.1 cm³/mol. The lowest BCUT2D eigenvalue weighted by Crippen LogP contribution is -2.34. The summed E-state index contributed by atoms with van der Waals surface area (Å²) in [5.41, 5.74) is 1.25. The Bertz CT molecular complexity index is 604. The number of pyridine rings is 1. The van der Waals surface area contributed by atoms with E-state index in [1.807, 2.05) is 12.1 Å². The normalized spacial score (nSPS) is 9.74. The summed E-state index contributed by atoms with van der Waals surface area (Å²) in [4.78, 5) is 15.9. The van der Waals surface area contributed by atoms with Crippen LogP contribution < -0.4 is 10.6 Å². The third kappa shape index (κ3) is 3.84. The Morgan fingerprint density at radius 2 is 2.00 bits per heavy atom. The smallest absolute Gasteiger partial charge is 0.258 e. The average molecular weight is 336 g/mol. The standard InChI is InChI=1S/C13H10BrN3OS/c14-11-6-2-1-5-10(11)12(18)17-13(19)16-9-4-3-7-15-8-9/h1-8H,(H2,16,17,18,19). The highest BCUT2D eigenvalue weighted by Crippen LogP contribution is 2.15. The molecule has 4 nitrogen and oxygen atoms in total. The van der Waals surface area contributed by atoms with Crippen molar-refractivity contribution in [3.05, 3.63) is 58.8 Å². The molecule has 0 aliphatic heterocycles. The molecule has 0 atom stereocenters. The number of amides is 1. The number of nitrogens with one attached hydrogen (secondary N) is 2. The molecule has 2 aromatic rings. The van der Waals surface area contributed by atoms with Crippen molar-refractivity contribution in [2.75, 3.05) is 5.32 Å². The van der Waals surface area contributed by atoms with Crippen LogP contribution in [0.15, 0.2) is 53.3 Å². The fourth-order valence-electron chi connectivity index (χ4n) is 1.41. The van der Waals surface area contributed by atoms with Crippen LogP contribution in [0.4, 0.5) is 5.69 Å². The molecule has 96 valence electrons. The number of rotatable bonds is 2. The van der Waals surface area contributed by atoms with Gasteiger partial charge < -0.3 is 5.32 Å². The Hall–Kier alpha value is -1.79. The van der Waals surface area contributed by atoms with Gasteiger partial charge in [-0.05, 0) is 52.4 Å². The molecule has 19 heavy (non-hydrogen) atoms. The van der Waals surface area contributed by atoms with Crippen molar-refractivity contribution in [2.24, 2.45) is 0 Å². The molecule has 0 unspecified atom stereocenters. The first-order chi connectivity index (χ1) is 9.16. The number of thiocarbonyl (C=S) groups is 1. The number of carbonyl (C=O) groups excluding carboxylic acids is 1. The van der Waals surface area contributed by atoms with Gasteiger partial charge in [-0.25, -0.2) is 0 Å². The van der Waals surface area contributed by atoms with Gasteiger partial charge in [0.1, 0.15) is 0 Å². The third-order valence-electron chi connectivity index (χ3n) is 2.26. The van der Waals surface area contributed by atoms with E-state index in [1.54, 1.807) is 36.7 Å². The van der Waals surface area contributed by atoms with Crippen molar-refractivity contribution < 1.29 is 4.79 Å². The van der Waals surface area contributed by atoms with Gasteiger partial charge in [0, 0.05) is 10.7 Å². The summed E-state index contributed by atoms with van der Waals surface area (Å²) < 4.78 is 0.719. The molecule has 2 rings (SSSR count). The van der Waals surface area contributed by atoms with Gasteiger partial charge in [0.15, 0.2) is 5.11 Å². The van der Waals surface area contributed by atoms with Crippen LogP contribution in [0.1, 0.15) is 10.4 Å². The van der Waals surface area contributed by atoms with Crippen LogP contribution in [0.2, 0.25) is 0 Å². The highest BCUT2D eigenvalue weighted by molar-refractivity contribution is 9.10. The van der Waals surface area contributed by atoms with Crippen molar-refractivity contribution in [3.8, 4) is 0 Å². The molecular weight excluding hydrogens is 326 g/mol. The lowest BCUT2D eigenvalue weighted by molar-refractivity contribution is 0.0977. The fourth-order valence-corrected chi connectivity index (χ4v) is 2.09. The molecule has 0 bridgehead atoms. The van der Waals surface area contributed by atoms with E-state index in [2.05, 4.69) is 31.5 Å². The second-order valence-electron chi connectivity index (χ2n) is 3.63. The van der Waals surface area contributed by atoms with E-state index in [1.165, 1.54) is 0 Å². The fraction of sp³-hybridized carbons (Fsp3) is 0. The van der Waals surface area contributed by atoms with Gasteiger partial charge >= 0.3 is 0 Å². The average Bonchev–Trinajstić information content (AvgIpc) is 2.40. The first kappa shape index (κ1) is 13.6. The van der Waals surface area contributed by atoms with Crippen molar-refractivity contribution in [1.29, 1.82) is 0 Å². The molecule has 0 fully saturated rings. The summed E-state index contributed by atoms with van der Waals surface area (Å²) >= 11 is 8.39. The van der Waals surface area contributed by atoms with Gasteiger partial charge in [0.25, 0.3) is 5.91 Å². The third-order valence-corrected chi connectivity index (χ3v) is 3.16. The van der Waals surface area contributed by atoms with Gasteiger partial charge in [-0.1, -0.05) is 12.1 Å². The second kappa shape index (κ2) is 6.40. The number of halogens is 1. The molecule has 0 spiro atoms. The van der Waals surface area contributed by atoms with Gasteiger partial charge in [-0.15, -0.1) is 0 Å². The molecular formula is C13H10BrN3OS. The lowest BCUT2D eigenvalue weighted by Gasteiger charge is -2.09. The highest BCUT2D eigenvalue weighted by Gasteiger charge is 2.10. The topological polar surface area (TPSA) is 54.0 Å². The first-order valence-electron chi connectivity index (χ1n) is 5.43. The number of hydrogen-bond donors (Lipinski definition) is 2. The lowest BCUT2D eigenvalue weighted by atomic mass is 10.2. The quantitative estimate of drug-likeness (QED) is 0.828. The molecule has 6 heteroatoms. The maximum atomic E-state index is 12.0. The maximum absolute atomic E-state index is 12.0. The minimum atomic E-state index is -0.270. The number of anilines is 1. The van der Waals surface area contributed by atoms with E-state index in [0.29, 0.717) is 5.56 Å². The van der Waals surface area contributed by atoms with Crippen LogP contribution in [-0.2, 0) is 0 Å². The largest absolute Gasteiger partial charge is 0.331 e. The number of carbonyl (C=O) groups is 1. The first-order valence-corrected chi connectivity index (χ1v) is 6.64. The zero-order valence-corrected chi connectivity index (χ0v) is 12.2. The van der Waals surface area contributed by atoms with Crippen LogP contribution in [0.3, 0.4) is 0 Å². The van der Waals surface area contributed by atoms with Gasteiger partial charge in [-0.2, -0.15) is 0 Å². The van der Waals surface area contributed by atoms with E-state index in [9.17, 15) is 4.79 Å². The Kier molecular flexibility index (Phi) is 4.59. The van der Waals surface area contributed by atoms with Crippen LogP contribution >= 0.6 is 28.1 Å². The van der Waals surface area contributed by atoms with Crippen LogP contribution in [0.5, 0.6) is 0 Å². The Labute approximate surface area is 124 Å². The minimum Gasteiger partial charge on any atom is -0.331 e. The van der Waals surface area contributed by atoms with E-state index in [4.69, 9.17) is 12.2 Å². The molecule has 0 aliphatic rings. The van der Waals surface area contributed by atoms with E-state index >= 15 is 0 Å². The van der Waals surface area contributed by atoms with Crippen LogP contribution in [0.25, 0.3) is 0 Å². The molecule has 1 aromatic heterocycles. The number of hydrogen-bond acceptors (Lipinski definition) is 3. The molecule has 1 aromatic carbocycles. The van der Waals surface area contributed by atoms with Crippen molar-refractivity contribution in [2.45, 2.75) is 0 Å². The number of nitrogens with zero attached hydrogens (tertiary/aromatic N) is 1. The van der Waals surface area contributed by atoms with E-state index in [-0.39, 0.29) is 11.0 Å². The summed E-state index contributed by atoms with van der Waals surface area (Å²) in [6.45, 7) is 0. The maximum Gasteiger partial charge on any atom is 0.258 e. The van der Waals surface area contributed by atoms with Gasteiger partial charge in [0.2, 0.25) is 0 Å². The second-order valence-corrected chi connectivity index (χ2v) is 4.89. The predicted octanol–water partition coefficient (Wildman–Crippen LogP) is 2.97. The molecule has 0 radical (unpaired) electrons. The number of benzene rings is 1. The molecule has 2 N–H and O–H groups in total. The Morgan fingerprint density at radius 1 is 1.21 bits per heavy atom. The molecule has 1 heterocycles. The number of aromatic nitrogens is 1. The van der Waals surface area contributed by atoms with Gasteiger partial charge in [-0.3, -0.25) is 15.1 Å². The van der Waals surface area contributed by atoms with Crippen molar-refractivity contribution in [3.63, 3.8) is 0 Å². The molecule has 0 aliphatic carbocycles. The van der Waals surface area contributed by atoms with Crippen LogP contribution in [0, 0.1) is 0 Å². The highest BCUT2D eigenvalue weighted by atomic mass is 79.9. The molecule has 0 saturated carbocycles. The summed E-state index contributed by atoms with van der Waals surface area (Å²) in [6, 6.07) is 10.7. The monoisotopic (exact) mass is 335 g/mol. The van der Waals surface area contributed by atoms with E-state index in [0.717, 1.165) is 10.2 Å². The zero-order valence-electron chi connectivity index (χ0n) is 9.76. The van der Waals surface area contributed by atoms with Crippen molar-refractivity contribution in [1.82, 2.24) is 10.3 Å². The summed E-state index contributed by atoms with van der Waals surface area (Å²) in [7, 11) is 0. The minimum absolute atomic E-state index is 0.230.